The molecule has 0 radical (unpaired) electrons. The molecule has 0 aliphatic rings. The van der Waals surface area contributed by atoms with Gasteiger partial charge in [0.05, 0.1) is 31.9 Å². The molecule has 0 saturated heterocycles. The summed E-state index contributed by atoms with van der Waals surface area (Å²) in [6.07, 6.45) is -0.303. The second-order valence-corrected chi connectivity index (χ2v) is 12.1. The highest BCUT2D eigenvalue weighted by atomic mass is 16.6. The number of esters is 3. The fourth-order valence-electron chi connectivity index (χ4n) is 4.82. The summed E-state index contributed by atoms with van der Waals surface area (Å²) in [5, 5.41) is 5.65. The zero-order valence-corrected chi connectivity index (χ0v) is 30.3. The summed E-state index contributed by atoms with van der Waals surface area (Å²) in [5.74, 6) is -5.00. The molecule has 1 unspecified atom stereocenters. The number of nitrogens with one attached hydrogen (secondary N) is 2. The van der Waals surface area contributed by atoms with Gasteiger partial charge in [-0.3, -0.25) is 33.6 Å². The highest BCUT2D eigenvalue weighted by Crippen LogP contribution is 2.20. The molecule has 0 aromatic rings. The van der Waals surface area contributed by atoms with Crippen LogP contribution in [0.25, 0.3) is 0 Å². The van der Waals surface area contributed by atoms with Crippen molar-refractivity contribution in [2.75, 3.05) is 68.0 Å². The van der Waals surface area contributed by atoms with Crippen LogP contribution in [0, 0.1) is 17.8 Å². The predicted molar refractivity (Wildman–Crippen MR) is 177 cm³/mol. The number of carbonyl (C=O) groups is 7. The molecule has 1 amide bonds. The Morgan fingerprint density at radius 1 is 0.571 bits per heavy atom. The van der Waals surface area contributed by atoms with Crippen molar-refractivity contribution in [3.8, 4) is 0 Å². The van der Waals surface area contributed by atoms with E-state index in [-0.39, 0.29) is 121 Å². The van der Waals surface area contributed by atoms with Gasteiger partial charge in [0, 0.05) is 65.3 Å². The first-order valence-electron chi connectivity index (χ1n) is 16.8. The van der Waals surface area contributed by atoms with Gasteiger partial charge in [-0.1, -0.05) is 13.8 Å². The average molecular weight is 703 g/mol. The van der Waals surface area contributed by atoms with Gasteiger partial charge in [-0.2, -0.15) is 0 Å². The molecule has 0 rings (SSSR count). The lowest BCUT2D eigenvalue weighted by Crippen LogP contribution is -2.46. The molecule has 0 fully saturated rings. The monoisotopic (exact) mass is 702 g/mol. The van der Waals surface area contributed by atoms with Crippen LogP contribution in [0.4, 0.5) is 0 Å². The SMILES string of the molecule is CN[C@@H](CCC(=O)OCCOC)C(=O)C[C@@H](CCC(=O)OCCOC)C(=O)N[C@@H](CC(C)C)C(=O)CC(CCC(=O)OCCOC)C(C)=O. The largest absolute Gasteiger partial charge is 0.463 e. The first kappa shape index (κ1) is 45.7. The van der Waals surface area contributed by atoms with Crippen molar-refractivity contribution >= 4 is 41.2 Å². The smallest absolute Gasteiger partial charge is 0.305 e. The van der Waals surface area contributed by atoms with Crippen molar-refractivity contribution in [1.82, 2.24) is 10.6 Å². The lowest BCUT2D eigenvalue weighted by molar-refractivity contribution is -0.146. The Hall–Kier alpha value is -3.27. The van der Waals surface area contributed by atoms with Gasteiger partial charge in [0.15, 0.2) is 11.6 Å². The maximum Gasteiger partial charge on any atom is 0.305 e. The van der Waals surface area contributed by atoms with Crippen LogP contribution in [0.1, 0.15) is 78.6 Å². The number of methoxy groups -OCH3 is 3. The van der Waals surface area contributed by atoms with Crippen molar-refractivity contribution in [2.24, 2.45) is 17.8 Å². The molecule has 0 aliphatic carbocycles. The predicted octanol–water partition coefficient (Wildman–Crippen LogP) is 1.75. The van der Waals surface area contributed by atoms with Gasteiger partial charge in [0.25, 0.3) is 0 Å². The zero-order chi connectivity index (χ0) is 37.2. The van der Waals surface area contributed by atoms with Crippen LogP contribution in [-0.4, -0.2) is 121 Å². The number of Topliss-reactive ketones (excluding diaryl/α,β-unsaturated/α-hetero) is 3. The van der Waals surface area contributed by atoms with Crippen LogP contribution in [-0.2, 0) is 62.0 Å². The molecule has 0 heterocycles. The van der Waals surface area contributed by atoms with Crippen molar-refractivity contribution in [3.63, 3.8) is 0 Å². The molecule has 15 heteroatoms. The number of ketones is 3. The number of hydrogen-bond acceptors (Lipinski definition) is 14. The minimum Gasteiger partial charge on any atom is -0.463 e. The van der Waals surface area contributed by atoms with Crippen LogP contribution in [0.15, 0.2) is 0 Å². The molecule has 4 atom stereocenters. The highest BCUT2D eigenvalue weighted by molar-refractivity contribution is 5.95. The molecular formula is C34H58N2O13. The normalized spacial score (nSPS) is 13.6. The summed E-state index contributed by atoms with van der Waals surface area (Å²) in [7, 11) is 5.97. The quantitative estimate of drug-likeness (QED) is 0.0623. The molecule has 49 heavy (non-hydrogen) atoms. The molecule has 0 spiro atoms. The summed E-state index contributed by atoms with van der Waals surface area (Å²) in [6.45, 7) is 5.95. The first-order chi connectivity index (χ1) is 23.3. The summed E-state index contributed by atoms with van der Waals surface area (Å²) >= 11 is 0. The fourth-order valence-corrected chi connectivity index (χ4v) is 4.82. The van der Waals surface area contributed by atoms with Crippen LogP contribution in [0.2, 0.25) is 0 Å². The Bertz CT molecular complexity index is 1030. The van der Waals surface area contributed by atoms with Crippen molar-refractivity contribution in [2.45, 2.75) is 90.6 Å². The molecule has 2 N–H and O–H groups in total. The summed E-state index contributed by atoms with van der Waals surface area (Å²) < 4.78 is 29.8. The van der Waals surface area contributed by atoms with E-state index < -0.39 is 47.7 Å². The van der Waals surface area contributed by atoms with E-state index in [2.05, 4.69) is 10.6 Å². The number of likely N-dealkylation sites (N-methyl/N-ethyl adjacent to an activating group) is 1. The Morgan fingerprint density at radius 2 is 0.980 bits per heavy atom. The van der Waals surface area contributed by atoms with E-state index in [0.29, 0.717) is 0 Å². The highest BCUT2D eigenvalue weighted by Gasteiger charge is 2.32. The van der Waals surface area contributed by atoms with Gasteiger partial charge < -0.3 is 39.1 Å². The number of hydrogen-bond donors (Lipinski definition) is 2. The van der Waals surface area contributed by atoms with E-state index in [1.165, 1.54) is 28.3 Å². The van der Waals surface area contributed by atoms with E-state index in [1.54, 1.807) is 7.05 Å². The van der Waals surface area contributed by atoms with Gasteiger partial charge in [-0.15, -0.1) is 0 Å². The molecule has 15 nitrogen and oxygen atoms in total. The maximum absolute atomic E-state index is 13.7. The summed E-state index contributed by atoms with van der Waals surface area (Å²) in [5.41, 5.74) is 0. The lowest BCUT2D eigenvalue weighted by Gasteiger charge is -2.25. The molecule has 0 aromatic heterocycles. The number of amides is 1. The minimum absolute atomic E-state index is 0.0195. The van der Waals surface area contributed by atoms with E-state index in [1.807, 2.05) is 13.8 Å². The first-order valence-corrected chi connectivity index (χ1v) is 16.8. The van der Waals surface area contributed by atoms with Crippen LogP contribution in [0.5, 0.6) is 0 Å². The van der Waals surface area contributed by atoms with E-state index in [4.69, 9.17) is 28.4 Å². The Labute approximate surface area is 290 Å². The minimum atomic E-state index is -1.00. The topological polar surface area (TPSA) is 199 Å². The van der Waals surface area contributed by atoms with Gasteiger partial charge in [-0.05, 0) is 45.6 Å². The third kappa shape index (κ3) is 22.1. The van der Waals surface area contributed by atoms with Gasteiger partial charge >= 0.3 is 17.9 Å². The van der Waals surface area contributed by atoms with Crippen LogP contribution >= 0.6 is 0 Å². The number of rotatable bonds is 30. The lowest BCUT2D eigenvalue weighted by atomic mass is 9.88. The van der Waals surface area contributed by atoms with Crippen molar-refractivity contribution in [3.05, 3.63) is 0 Å². The molecule has 0 aliphatic heterocycles. The Kier molecular flexibility index (Phi) is 25.7. The van der Waals surface area contributed by atoms with E-state index in [0.717, 1.165) is 0 Å². The van der Waals surface area contributed by atoms with Gasteiger partial charge in [-0.25, -0.2) is 0 Å². The third-order valence-corrected chi connectivity index (χ3v) is 7.67. The number of ether oxygens (including phenoxy) is 6. The Morgan fingerprint density at radius 3 is 1.39 bits per heavy atom. The third-order valence-electron chi connectivity index (χ3n) is 7.67. The number of carbonyl (C=O) groups excluding carboxylic acids is 7. The maximum atomic E-state index is 13.7. The summed E-state index contributed by atoms with van der Waals surface area (Å²) in [6, 6.07) is -1.75. The Balaban J connectivity index is 5.79. The van der Waals surface area contributed by atoms with Crippen LogP contribution in [0.3, 0.4) is 0 Å². The van der Waals surface area contributed by atoms with Gasteiger partial charge in [0.1, 0.15) is 25.6 Å². The molecular weight excluding hydrogens is 644 g/mol. The molecule has 0 bridgehead atoms. The second kappa shape index (κ2) is 27.5. The van der Waals surface area contributed by atoms with Crippen molar-refractivity contribution in [1.29, 1.82) is 0 Å². The molecule has 0 saturated carbocycles. The second-order valence-electron chi connectivity index (χ2n) is 12.1. The zero-order valence-electron chi connectivity index (χ0n) is 30.3. The fraction of sp³-hybridized carbons (Fsp3) is 0.794. The standard InChI is InChI=1S/C34H58N2O13/c1-23(2)20-28(30(39)21-25(24(3)37)8-11-31(40)47-17-14-44-5)36-34(43)26(9-12-32(41)48-18-15-45-6)22-29(38)27(35-4)10-13-33(42)49-19-16-46-7/h23,25-28,35H,8-22H2,1-7H3,(H,36,43)/t25?,26-,27+,28+/m1/s1. The average Bonchev–Trinajstić information content (AvgIpc) is 3.04. The van der Waals surface area contributed by atoms with E-state index in [9.17, 15) is 33.6 Å². The molecule has 282 valence electrons. The van der Waals surface area contributed by atoms with Crippen LogP contribution < -0.4 is 10.6 Å². The van der Waals surface area contributed by atoms with Crippen molar-refractivity contribution < 1.29 is 62.0 Å². The molecule has 0 aromatic carbocycles. The summed E-state index contributed by atoms with van der Waals surface area (Å²) in [4.78, 5) is 89.5. The van der Waals surface area contributed by atoms with Gasteiger partial charge in [0.2, 0.25) is 5.91 Å². The van der Waals surface area contributed by atoms with E-state index >= 15 is 0 Å².